The fourth-order valence-electron chi connectivity index (χ4n) is 0.878. The van der Waals surface area contributed by atoms with E-state index in [2.05, 4.69) is 0 Å². The Morgan fingerprint density at radius 2 is 2.00 bits per heavy atom. The minimum atomic E-state index is -3.09. The predicted molar refractivity (Wildman–Crippen MR) is 43.4 cm³/mol. The molecule has 0 atom stereocenters. The Morgan fingerprint density at radius 1 is 1.45 bits per heavy atom. The van der Waals surface area contributed by atoms with E-state index in [1.807, 2.05) is 6.92 Å². The molecule has 1 heterocycles. The minimum absolute atomic E-state index is 0.541. The summed E-state index contributed by atoms with van der Waals surface area (Å²) in [6.45, 7) is 3.75. The molecular weight excluding hydrogens is 164 g/mol. The highest BCUT2D eigenvalue weighted by Crippen LogP contribution is 2.14. The third kappa shape index (κ3) is 1.55. The Bertz CT molecular complexity index is 210. The standard InChI is InChI=1S/C6H14N2O2S/c1-3-7(2)11(9,10)8-5-4-6-8/h3-6H2,1-2H3. The minimum Gasteiger partial charge on any atom is -0.195 e. The van der Waals surface area contributed by atoms with E-state index in [4.69, 9.17) is 0 Å². The summed E-state index contributed by atoms with van der Waals surface area (Å²) >= 11 is 0. The lowest BCUT2D eigenvalue weighted by atomic mass is 10.3. The molecule has 0 radical (unpaired) electrons. The van der Waals surface area contributed by atoms with Crippen molar-refractivity contribution in [1.29, 1.82) is 0 Å². The molecule has 1 aliphatic heterocycles. The molecule has 5 heteroatoms. The van der Waals surface area contributed by atoms with Crippen LogP contribution in [-0.2, 0) is 10.2 Å². The topological polar surface area (TPSA) is 40.6 Å². The van der Waals surface area contributed by atoms with Crippen LogP contribution in [0.5, 0.6) is 0 Å². The first-order chi connectivity index (χ1) is 5.09. The lowest BCUT2D eigenvalue weighted by molar-refractivity contribution is 0.284. The van der Waals surface area contributed by atoms with E-state index in [9.17, 15) is 8.42 Å². The fourth-order valence-corrected chi connectivity index (χ4v) is 2.32. The van der Waals surface area contributed by atoms with Crippen LogP contribution in [-0.4, -0.2) is 43.7 Å². The molecule has 0 amide bonds. The molecule has 0 aromatic heterocycles. The Balaban J connectivity index is 2.65. The van der Waals surface area contributed by atoms with Gasteiger partial charge in [0.1, 0.15) is 0 Å². The molecule has 1 saturated heterocycles. The molecule has 1 aliphatic rings. The molecule has 0 spiro atoms. The summed E-state index contributed by atoms with van der Waals surface area (Å²) in [4.78, 5) is 0. The van der Waals surface area contributed by atoms with E-state index in [1.54, 1.807) is 7.05 Å². The number of hydrogen-bond acceptors (Lipinski definition) is 2. The Hall–Kier alpha value is -0.130. The van der Waals surface area contributed by atoms with Crippen molar-refractivity contribution in [3.63, 3.8) is 0 Å². The molecule has 1 rings (SSSR count). The van der Waals surface area contributed by atoms with Crippen molar-refractivity contribution in [3.05, 3.63) is 0 Å². The molecule has 0 bridgehead atoms. The van der Waals surface area contributed by atoms with E-state index in [0.29, 0.717) is 19.6 Å². The zero-order valence-electron chi connectivity index (χ0n) is 6.95. The maximum Gasteiger partial charge on any atom is 0.281 e. The van der Waals surface area contributed by atoms with Crippen LogP contribution in [0.1, 0.15) is 13.3 Å². The lowest BCUT2D eigenvalue weighted by Crippen LogP contribution is -2.48. The van der Waals surface area contributed by atoms with Gasteiger partial charge in [0.05, 0.1) is 0 Å². The number of rotatable bonds is 3. The second-order valence-corrected chi connectivity index (χ2v) is 4.71. The van der Waals surface area contributed by atoms with Crippen LogP contribution in [0.3, 0.4) is 0 Å². The van der Waals surface area contributed by atoms with E-state index in [0.717, 1.165) is 6.42 Å². The largest absolute Gasteiger partial charge is 0.281 e. The zero-order chi connectivity index (χ0) is 8.48. The van der Waals surface area contributed by atoms with E-state index in [-0.39, 0.29) is 0 Å². The van der Waals surface area contributed by atoms with Gasteiger partial charge >= 0.3 is 0 Å². The van der Waals surface area contributed by atoms with Gasteiger partial charge in [-0.05, 0) is 6.42 Å². The van der Waals surface area contributed by atoms with Gasteiger partial charge in [0.15, 0.2) is 0 Å². The van der Waals surface area contributed by atoms with Gasteiger partial charge in [0, 0.05) is 26.7 Å². The van der Waals surface area contributed by atoms with Gasteiger partial charge in [0.25, 0.3) is 10.2 Å². The Kier molecular flexibility index (Phi) is 2.51. The summed E-state index contributed by atoms with van der Waals surface area (Å²) in [6, 6.07) is 0. The van der Waals surface area contributed by atoms with Gasteiger partial charge in [-0.2, -0.15) is 17.0 Å². The summed E-state index contributed by atoms with van der Waals surface area (Å²) in [7, 11) is -1.48. The van der Waals surface area contributed by atoms with Crippen molar-refractivity contribution in [3.8, 4) is 0 Å². The molecule has 0 N–H and O–H groups in total. The van der Waals surface area contributed by atoms with Crippen molar-refractivity contribution in [2.45, 2.75) is 13.3 Å². The monoisotopic (exact) mass is 178 g/mol. The van der Waals surface area contributed by atoms with Crippen molar-refractivity contribution in [2.24, 2.45) is 0 Å². The molecular formula is C6H14N2O2S. The first-order valence-electron chi connectivity index (χ1n) is 3.80. The first kappa shape index (κ1) is 8.96. The molecule has 0 aliphatic carbocycles. The quantitative estimate of drug-likeness (QED) is 0.605. The Labute approximate surface area is 68.0 Å². The van der Waals surface area contributed by atoms with E-state index in [1.165, 1.54) is 8.61 Å². The molecule has 0 aromatic rings. The maximum atomic E-state index is 11.4. The first-order valence-corrected chi connectivity index (χ1v) is 5.20. The van der Waals surface area contributed by atoms with Gasteiger partial charge in [0.2, 0.25) is 0 Å². The molecule has 11 heavy (non-hydrogen) atoms. The van der Waals surface area contributed by atoms with Crippen molar-refractivity contribution in [2.75, 3.05) is 26.7 Å². The average molecular weight is 178 g/mol. The van der Waals surface area contributed by atoms with Crippen LogP contribution < -0.4 is 0 Å². The molecule has 0 unspecified atom stereocenters. The van der Waals surface area contributed by atoms with Gasteiger partial charge in [-0.25, -0.2) is 0 Å². The normalized spacial score (nSPS) is 20.3. The molecule has 4 nitrogen and oxygen atoms in total. The Morgan fingerprint density at radius 3 is 2.27 bits per heavy atom. The SMILES string of the molecule is CCN(C)S(=O)(=O)N1CCC1. The smallest absolute Gasteiger partial charge is 0.195 e. The molecule has 0 aromatic carbocycles. The van der Waals surface area contributed by atoms with Crippen LogP contribution >= 0.6 is 0 Å². The average Bonchev–Trinajstić information content (AvgIpc) is 1.81. The summed E-state index contributed by atoms with van der Waals surface area (Å²) in [6.07, 6.45) is 0.997. The summed E-state index contributed by atoms with van der Waals surface area (Å²) in [5.41, 5.74) is 0. The van der Waals surface area contributed by atoms with Gasteiger partial charge in [-0.1, -0.05) is 6.92 Å². The van der Waals surface area contributed by atoms with Crippen LogP contribution in [0, 0.1) is 0 Å². The van der Waals surface area contributed by atoms with Gasteiger partial charge in [-0.15, -0.1) is 0 Å². The number of hydrogen-bond donors (Lipinski definition) is 0. The van der Waals surface area contributed by atoms with Gasteiger partial charge < -0.3 is 0 Å². The summed E-state index contributed by atoms with van der Waals surface area (Å²) < 4.78 is 25.7. The van der Waals surface area contributed by atoms with E-state index < -0.39 is 10.2 Å². The van der Waals surface area contributed by atoms with Crippen LogP contribution in [0.4, 0.5) is 0 Å². The zero-order valence-corrected chi connectivity index (χ0v) is 7.76. The highest BCUT2D eigenvalue weighted by atomic mass is 32.2. The highest BCUT2D eigenvalue weighted by Gasteiger charge is 2.30. The second kappa shape index (κ2) is 3.08. The maximum absolute atomic E-state index is 11.4. The van der Waals surface area contributed by atoms with Crippen molar-refractivity contribution < 1.29 is 8.42 Å². The van der Waals surface area contributed by atoms with Gasteiger partial charge in [-0.3, -0.25) is 0 Å². The molecule has 66 valence electrons. The second-order valence-electron chi connectivity index (χ2n) is 2.67. The van der Waals surface area contributed by atoms with Crippen LogP contribution in [0.2, 0.25) is 0 Å². The lowest BCUT2D eigenvalue weighted by Gasteiger charge is -2.32. The van der Waals surface area contributed by atoms with Crippen molar-refractivity contribution >= 4 is 10.2 Å². The third-order valence-electron chi connectivity index (χ3n) is 1.98. The number of nitrogens with zero attached hydrogens (tertiary/aromatic N) is 2. The molecule has 1 fully saturated rings. The highest BCUT2D eigenvalue weighted by molar-refractivity contribution is 7.86. The fraction of sp³-hybridized carbons (Fsp3) is 1.00. The molecule has 0 saturated carbocycles. The predicted octanol–water partition coefficient (Wildman–Crippen LogP) is -0.111. The third-order valence-corrected chi connectivity index (χ3v) is 4.04. The summed E-state index contributed by atoms with van der Waals surface area (Å²) in [5, 5.41) is 0. The summed E-state index contributed by atoms with van der Waals surface area (Å²) in [5.74, 6) is 0. The van der Waals surface area contributed by atoms with Crippen molar-refractivity contribution in [1.82, 2.24) is 8.61 Å². The van der Waals surface area contributed by atoms with E-state index >= 15 is 0 Å². The van der Waals surface area contributed by atoms with Crippen LogP contribution in [0.15, 0.2) is 0 Å². The van der Waals surface area contributed by atoms with Crippen LogP contribution in [0.25, 0.3) is 0 Å².